The summed E-state index contributed by atoms with van der Waals surface area (Å²) in [6.07, 6.45) is 11.2. The Balaban J connectivity index is 1.59. The Morgan fingerprint density at radius 1 is 1.09 bits per heavy atom. The largest absolute Gasteiger partial charge is 0.490 e. The number of carbonyl (C=O) groups excluding carboxylic acids is 2. The van der Waals surface area contributed by atoms with Gasteiger partial charge in [-0.15, -0.1) is 0 Å². The Hall–Kier alpha value is -3.01. The first-order chi connectivity index (χ1) is 21.2. The van der Waals surface area contributed by atoms with Crippen molar-refractivity contribution in [2.24, 2.45) is 11.8 Å². The summed E-state index contributed by atoms with van der Waals surface area (Å²) < 4.78 is 12.8. The summed E-state index contributed by atoms with van der Waals surface area (Å²) in [6, 6.07) is 8.99. The minimum Gasteiger partial charge on any atom is -0.490 e. The van der Waals surface area contributed by atoms with Gasteiger partial charge in [0.15, 0.2) is 0 Å². The molecule has 2 heterocycles. The zero-order chi connectivity index (χ0) is 31.5. The molecule has 1 aromatic heterocycles. The van der Waals surface area contributed by atoms with Crippen LogP contribution in [0.5, 0.6) is 5.75 Å². The Labute approximate surface area is 263 Å². The third-order valence-corrected chi connectivity index (χ3v) is 8.99. The van der Waals surface area contributed by atoms with E-state index in [1.54, 1.807) is 29.4 Å². The molecule has 0 radical (unpaired) electrons. The molecule has 1 fully saturated rings. The van der Waals surface area contributed by atoms with E-state index in [2.05, 4.69) is 29.2 Å². The highest BCUT2D eigenvalue weighted by Crippen LogP contribution is 2.30. The summed E-state index contributed by atoms with van der Waals surface area (Å²) in [7, 11) is 2.08. The molecule has 0 spiro atoms. The fraction of sp³-hybridized carbons (Fsp3) is 0.629. The Morgan fingerprint density at radius 3 is 2.55 bits per heavy atom. The molecule has 1 saturated carbocycles. The summed E-state index contributed by atoms with van der Waals surface area (Å²) in [5.41, 5.74) is 2.17. The normalized spacial score (nSPS) is 23.4. The first kappa shape index (κ1) is 33.9. The monoisotopic (exact) mass is 608 g/mol. The fourth-order valence-corrected chi connectivity index (χ4v) is 6.24. The SMILES string of the molecule is C[C@@H]1CCCCO[C@H](CN(C)Cc2ccncc2)[C@@H](C)CN([C@@H](C)CO)C(=O)c2cc(NC(=O)C3CCCCC3)ccc2O1. The molecule has 0 saturated heterocycles. The topological polar surface area (TPSA) is 104 Å². The van der Waals surface area contributed by atoms with E-state index in [0.717, 1.165) is 51.5 Å². The van der Waals surface area contributed by atoms with E-state index in [9.17, 15) is 14.7 Å². The number of hydrogen-bond donors (Lipinski definition) is 2. The molecule has 44 heavy (non-hydrogen) atoms. The van der Waals surface area contributed by atoms with E-state index in [4.69, 9.17) is 9.47 Å². The minimum atomic E-state index is -0.418. The van der Waals surface area contributed by atoms with Crippen molar-refractivity contribution in [2.75, 3.05) is 38.7 Å². The number of fused-ring (bicyclic) bond motifs is 1. The van der Waals surface area contributed by atoms with Crippen molar-refractivity contribution in [1.82, 2.24) is 14.8 Å². The van der Waals surface area contributed by atoms with Crippen LogP contribution >= 0.6 is 0 Å². The summed E-state index contributed by atoms with van der Waals surface area (Å²) in [6.45, 7) is 8.33. The molecule has 9 heteroatoms. The number of hydrogen-bond acceptors (Lipinski definition) is 7. The van der Waals surface area contributed by atoms with Gasteiger partial charge in [-0.3, -0.25) is 19.5 Å². The van der Waals surface area contributed by atoms with Crippen LogP contribution in [0.2, 0.25) is 0 Å². The quantitative estimate of drug-likeness (QED) is 0.406. The molecule has 4 rings (SSSR count). The van der Waals surface area contributed by atoms with Crippen LogP contribution < -0.4 is 10.1 Å². The predicted molar refractivity (Wildman–Crippen MR) is 173 cm³/mol. The van der Waals surface area contributed by atoms with E-state index in [1.807, 2.05) is 32.0 Å². The number of carbonyl (C=O) groups is 2. The van der Waals surface area contributed by atoms with Gasteiger partial charge in [0.05, 0.1) is 30.4 Å². The number of rotatable bonds is 8. The molecule has 242 valence electrons. The zero-order valence-electron chi connectivity index (χ0n) is 27.0. The zero-order valence-corrected chi connectivity index (χ0v) is 27.0. The molecule has 2 amide bonds. The second-order valence-electron chi connectivity index (χ2n) is 12.9. The van der Waals surface area contributed by atoms with Crippen molar-refractivity contribution >= 4 is 17.5 Å². The highest BCUT2D eigenvalue weighted by Gasteiger charge is 2.31. The fourth-order valence-electron chi connectivity index (χ4n) is 6.24. The average Bonchev–Trinajstić information content (AvgIpc) is 3.03. The lowest BCUT2D eigenvalue weighted by atomic mass is 9.88. The van der Waals surface area contributed by atoms with Crippen molar-refractivity contribution in [3.63, 3.8) is 0 Å². The highest BCUT2D eigenvalue weighted by molar-refractivity contribution is 6.00. The third kappa shape index (κ3) is 9.74. The predicted octanol–water partition coefficient (Wildman–Crippen LogP) is 5.53. The summed E-state index contributed by atoms with van der Waals surface area (Å²) >= 11 is 0. The lowest BCUT2D eigenvalue weighted by molar-refractivity contribution is -0.120. The molecule has 1 aliphatic carbocycles. The van der Waals surface area contributed by atoms with E-state index < -0.39 is 6.04 Å². The van der Waals surface area contributed by atoms with Crippen molar-refractivity contribution in [3.8, 4) is 5.75 Å². The Kier molecular flexibility index (Phi) is 13.0. The van der Waals surface area contributed by atoms with Gasteiger partial charge < -0.3 is 24.8 Å². The van der Waals surface area contributed by atoms with Crippen LogP contribution in [-0.2, 0) is 16.1 Å². The molecule has 0 unspecified atom stereocenters. The number of aliphatic hydroxyl groups excluding tert-OH is 1. The Bertz CT molecular complexity index is 1190. The van der Waals surface area contributed by atoms with Gasteiger partial charge >= 0.3 is 0 Å². The van der Waals surface area contributed by atoms with E-state index in [1.165, 1.54) is 12.0 Å². The number of pyridine rings is 1. The number of nitrogens with one attached hydrogen (secondary N) is 1. The van der Waals surface area contributed by atoms with Crippen molar-refractivity contribution < 1.29 is 24.2 Å². The molecule has 0 bridgehead atoms. The molecule has 1 aromatic carbocycles. The Morgan fingerprint density at radius 2 is 1.82 bits per heavy atom. The number of benzene rings is 1. The number of anilines is 1. The number of amides is 2. The summed E-state index contributed by atoms with van der Waals surface area (Å²) in [4.78, 5) is 35.5. The lowest BCUT2D eigenvalue weighted by Gasteiger charge is -2.36. The molecule has 2 aromatic rings. The van der Waals surface area contributed by atoms with E-state index in [0.29, 0.717) is 36.7 Å². The number of likely N-dealkylation sites (N-methyl/N-ethyl adjacent to an activating group) is 1. The summed E-state index contributed by atoms with van der Waals surface area (Å²) in [5, 5.41) is 13.3. The molecular formula is C35H52N4O5. The second kappa shape index (κ2) is 16.9. The first-order valence-electron chi connectivity index (χ1n) is 16.5. The van der Waals surface area contributed by atoms with Crippen LogP contribution in [0.3, 0.4) is 0 Å². The second-order valence-corrected chi connectivity index (χ2v) is 12.9. The van der Waals surface area contributed by atoms with Crippen molar-refractivity contribution in [2.45, 2.75) is 96.9 Å². The minimum absolute atomic E-state index is 0.00442. The number of nitrogens with zero attached hydrogens (tertiary/aromatic N) is 3. The van der Waals surface area contributed by atoms with Crippen LogP contribution in [0.15, 0.2) is 42.7 Å². The molecule has 9 nitrogen and oxygen atoms in total. The molecule has 1 aliphatic heterocycles. The molecular weight excluding hydrogens is 556 g/mol. The lowest BCUT2D eigenvalue weighted by Crippen LogP contribution is -2.47. The van der Waals surface area contributed by atoms with E-state index in [-0.39, 0.29) is 42.5 Å². The van der Waals surface area contributed by atoms with Crippen molar-refractivity contribution in [1.29, 1.82) is 0 Å². The van der Waals surface area contributed by atoms with Crippen LogP contribution in [0.4, 0.5) is 5.69 Å². The maximum atomic E-state index is 14.3. The molecule has 2 aliphatic rings. The number of aromatic nitrogens is 1. The van der Waals surface area contributed by atoms with Gasteiger partial charge in [-0.25, -0.2) is 0 Å². The number of aliphatic hydroxyl groups is 1. The highest BCUT2D eigenvalue weighted by atomic mass is 16.5. The van der Waals surface area contributed by atoms with Gasteiger partial charge in [0.1, 0.15) is 5.75 Å². The third-order valence-electron chi connectivity index (χ3n) is 8.99. The maximum Gasteiger partial charge on any atom is 0.258 e. The van der Waals surface area contributed by atoms with Gasteiger partial charge in [-0.05, 0) is 88.9 Å². The van der Waals surface area contributed by atoms with Crippen LogP contribution in [0.1, 0.15) is 88.1 Å². The maximum absolute atomic E-state index is 14.3. The first-order valence-corrected chi connectivity index (χ1v) is 16.5. The van der Waals surface area contributed by atoms with Crippen molar-refractivity contribution in [3.05, 3.63) is 53.9 Å². The van der Waals surface area contributed by atoms with Crippen LogP contribution in [0, 0.1) is 11.8 Å². The van der Waals surface area contributed by atoms with Crippen LogP contribution in [-0.4, -0.2) is 83.3 Å². The van der Waals surface area contributed by atoms with Gasteiger partial charge in [0.2, 0.25) is 5.91 Å². The smallest absolute Gasteiger partial charge is 0.258 e. The molecule has 2 N–H and O–H groups in total. The van der Waals surface area contributed by atoms with Gasteiger partial charge in [-0.1, -0.05) is 26.2 Å². The van der Waals surface area contributed by atoms with Gasteiger partial charge in [0.25, 0.3) is 5.91 Å². The standard InChI is InChI=1S/C35H52N4O5/c1-25-21-39(26(2)24-40)35(42)31-20-30(37-34(41)29-11-6-5-7-12-29)13-14-32(31)44-27(3)10-8-9-19-43-33(25)23-38(4)22-28-15-17-36-18-16-28/h13-18,20,25-27,29,33,40H,5-12,19,21-24H2,1-4H3,(H,37,41)/t25-,26-,27+,33+/m0/s1. The van der Waals surface area contributed by atoms with Gasteiger partial charge in [-0.2, -0.15) is 0 Å². The molecule has 4 atom stereocenters. The van der Waals surface area contributed by atoms with E-state index >= 15 is 0 Å². The number of ether oxygens (including phenoxy) is 2. The summed E-state index contributed by atoms with van der Waals surface area (Å²) in [5.74, 6) is 0.286. The average molecular weight is 609 g/mol. The van der Waals surface area contributed by atoms with Crippen LogP contribution in [0.25, 0.3) is 0 Å². The van der Waals surface area contributed by atoms with Gasteiger partial charge in [0, 0.05) is 56.2 Å².